The first kappa shape index (κ1) is 15.0. The second-order valence-corrected chi connectivity index (χ2v) is 6.73. The first-order valence-electron chi connectivity index (χ1n) is 7.21. The molecule has 0 bridgehead atoms. The van der Waals surface area contributed by atoms with Crippen molar-refractivity contribution in [2.45, 2.75) is 31.8 Å². The molecule has 2 atom stereocenters. The van der Waals surface area contributed by atoms with E-state index in [0.717, 1.165) is 22.7 Å². The summed E-state index contributed by atoms with van der Waals surface area (Å²) in [6.07, 6.45) is 0.860. The van der Waals surface area contributed by atoms with E-state index in [-0.39, 0.29) is 23.8 Å². The van der Waals surface area contributed by atoms with Gasteiger partial charge in [-0.3, -0.25) is 0 Å². The van der Waals surface area contributed by atoms with Crippen LogP contribution in [0.3, 0.4) is 0 Å². The Morgan fingerprint density at radius 3 is 3.05 bits per heavy atom. The van der Waals surface area contributed by atoms with Gasteiger partial charge in [0.1, 0.15) is 5.82 Å². The largest absolute Gasteiger partial charge is 0.335 e. The summed E-state index contributed by atoms with van der Waals surface area (Å²) in [5.41, 5.74) is 1.85. The Hall–Kier alpha value is -1.95. The van der Waals surface area contributed by atoms with Crippen molar-refractivity contribution in [3.05, 3.63) is 51.7 Å². The predicted octanol–water partition coefficient (Wildman–Crippen LogP) is 3.29. The van der Waals surface area contributed by atoms with Crippen LogP contribution in [0.1, 0.15) is 28.6 Å². The van der Waals surface area contributed by atoms with E-state index >= 15 is 0 Å². The van der Waals surface area contributed by atoms with Gasteiger partial charge in [0, 0.05) is 24.4 Å². The van der Waals surface area contributed by atoms with E-state index in [1.807, 2.05) is 18.4 Å². The lowest BCUT2D eigenvalue weighted by atomic mass is 10.1. The number of carbonyl (C=O) groups excluding carboxylic acids is 1. The first-order valence-corrected chi connectivity index (χ1v) is 8.09. The zero-order valence-electron chi connectivity index (χ0n) is 12.5. The number of nitrogens with zero attached hydrogens (tertiary/aromatic N) is 2. The summed E-state index contributed by atoms with van der Waals surface area (Å²) >= 11 is 1.58. The molecule has 0 unspecified atom stereocenters. The highest BCUT2D eigenvalue weighted by atomic mass is 32.1. The van der Waals surface area contributed by atoms with E-state index in [0.29, 0.717) is 6.54 Å². The van der Waals surface area contributed by atoms with Gasteiger partial charge in [0.25, 0.3) is 0 Å². The summed E-state index contributed by atoms with van der Waals surface area (Å²) < 4.78 is 13.2. The third-order valence-electron chi connectivity index (χ3n) is 3.79. The Bertz CT molecular complexity index is 688. The molecular weight excluding hydrogens is 301 g/mol. The van der Waals surface area contributed by atoms with Gasteiger partial charge in [0.15, 0.2) is 0 Å². The Balaban J connectivity index is 1.52. The van der Waals surface area contributed by atoms with E-state index in [2.05, 4.69) is 10.3 Å². The molecule has 0 saturated heterocycles. The molecule has 6 heteroatoms. The topological polar surface area (TPSA) is 45.2 Å². The number of benzene rings is 1. The second kappa shape index (κ2) is 6.04. The van der Waals surface area contributed by atoms with Gasteiger partial charge in [0.05, 0.1) is 17.2 Å². The summed E-state index contributed by atoms with van der Waals surface area (Å²) in [6.45, 7) is 2.44. The maximum atomic E-state index is 13.2. The van der Waals surface area contributed by atoms with Crippen LogP contribution in [-0.4, -0.2) is 29.0 Å². The number of halogens is 1. The van der Waals surface area contributed by atoms with Crippen molar-refractivity contribution in [1.29, 1.82) is 0 Å². The highest BCUT2D eigenvalue weighted by Crippen LogP contribution is 2.40. The molecule has 0 radical (unpaired) electrons. The Morgan fingerprint density at radius 1 is 1.55 bits per heavy atom. The number of urea groups is 1. The molecule has 1 saturated carbocycles. The second-order valence-electron chi connectivity index (χ2n) is 5.67. The van der Waals surface area contributed by atoms with Gasteiger partial charge in [-0.2, -0.15) is 0 Å². The van der Waals surface area contributed by atoms with E-state index < -0.39 is 0 Å². The minimum Gasteiger partial charge on any atom is -0.335 e. The highest BCUT2D eigenvalue weighted by molar-refractivity contribution is 7.09. The average molecular weight is 319 g/mol. The molecule has 1 aliphatic carbocycles. The highest BCUT2D eigenvalue weighted by Gasteiger charge is 2.40. The third-order valence-corrected chi connectivity index (χ3v) is 4.61. The number of aromatic nitrogens is 1. The summed E-state index contributed by atoms with van der Waals surface area (Å²) in [5, 5.41) is 5.95. The van der Waals surface area contributed by atoms with Crippen LogP contribution in [0.4, 0.5) is 9.18 Å². The number of rotatable bonds is 4. The third kappa shape index (κ3) is 3.44. The van der Waals surface area contributed by atoms with Crippen LogP contribution < -0.4 is 5.32 Å². The van der Waals surface area contributed by atoms with Gasteiger partial charge in [0.2, 0.25) is 0 Å². The van der Waals surface area contributed by atoms with Gasteiger partial charge >= 0.3 is 6.03 Å². The van der Waals surface area contributed by atoms with Crippen LogP contribution in [0.15, 0.2) is 29.6 Å². The molecule has 116 valence electrons. The number of hydrogen-bond acceptors (Lipinski definition) is 3. The Labute approximate surface area is 133 Å². The molecule has 1 aromatic heterocycles. The van der Waals surface area contributed by atoms with Crippen molar-refractivity contribution in [1.82, 2.24) is 15.2 Å². The zero-order valence-corrected chi connectivity index (χ0v) is 13.4. The summed E-state index contributed by atoms with van der Waals surface area (Å²) in [6, 6.07) is 6.56. The molecule has 4 nitrogen and oxygen atoms in total. The predicted molar refractivity (Wildman–Crippen MR) is 84.4 cm³/mol. The van der Waals surface area contributed by atoms with Crippen molar-refractivity contribution < 1.29 is 9.18 Å². The zero-order chi connectivity index (χ0) is 15.7. The van der Waals surface area contributed by atoms with Crippen molar-refractivity contribution in [3.8, 4) is 0 Å². The number of nitrogens with one attached hydrogen (secondary N) is 1. The Morgan fingerprint density at radius 2 is 2.36 bits per heavy atom. The van der Waals surface area contributed by atoms with E-state index in [4.69, 9.17) is 0 Å². The van der Waals surface area contributed by atoms with Crippen molar-refractivity contribution in [2.75, 3.05) is 7.05 Å². The maximum absolute atomic E-state index is 13.2. The number of aryl methyl sites for hydroxylation is 1. The Kier molecular flexibility index (Phi) is 4.11. The molecule has 1 fully saturated rings. The van der Waals surface area contributed by atoms with Gasteiger partial charge in [-0.15, -0.1) is 11.3 Å². The normalized spacial score (nSPS) is 19.8. The molecule has 22 heavy (non-hydrogen) atoms. The molecule has 0 spiro atoms. The van der Waals surface area contributed by atoms with Crippen LogP contribution in [0, 0.1) is 12.7 Å². The van der Waals surface area contributed by atoms with Gasteiger partial charge in [-0.25, -0.2) is 14.2 Å². The number of thiazole rings is 1. The van der Waals surface area contributed by atoms with Gasteiger partial charge in [-0.05, 0) is 31.0 Å². The van der Waals surface area contributed by atoms with E-state index in [1.54, 1.807) is 35.4 Å². The number of carbonyl (C=O) groups is 1. The van der Waals surface area contributed by atoms with Crippen LogP contribution in [0.25, 0.3) is 0 Å². The van der Waals surface area contributed by atoms with Crippen molar-refractivity contribution in [2.24, 2.45) is 0 Å². The van der Waals surface area contributed by atoms with Gasteiger partial charge in [-0.1, -0.05) is 12.1 Å². The lowest BCUT2D eigenvalue weighted by Crippen LogP contribution is -2.38. The summed E-state index contributed by atoms with van der Waals surface area (Å²) in [7, 11) is 1.75. The van der Waals surface area contributed by atoms with E-state index in [1.165, 1.54) is 6.07 Å². The smallest absolute Gasteiger partial charge is 0.317 e. The van der Waals surface area contributed by atoms with Crippen LogP contribution in [0.2, 0.25) is 0 Å². The van der Waals surface area contributed by atoms with Crippen LogP contribution in [-0.2, 0) is 6.54 Å². The fourth-order valence-electron chi connectivity index (χ4n) is 2.52. The van der Waals surface area contributed by atoms with Crippen LogP contribution in [0.5, 0.6) is 0 Å². The molecule has 3 rings (SSSR count). The molecule has 2 amide bonds. The minimum atomic E-state index is -0.231. The summed E-state index contributed by atoms with van der Waals surface area (Å²) in [5.74, 6) is -0.0138. The SMILES string of the molecule is Cc1nc(CN(C)C(=O)N[C@H]2C[C@@H]2c2cccc(F)c2)cs1. The molecular formula is C16H18FN3OS. The molecule has 1 N–H and O–H groups in total. The monoisotopic (exact) mass is 319 g/mol. The molecule has 1 aromatic carbocycles. The lowest BCUT2D eigenvalue weighted by molar-refractivity contribution is 0.205. The van der Waals surface area contributed by atoms with E-state index in [9.17, 15) is 9.18 Å². The number of amides is 2. The van der Waals surface area contributed by atoms with Crippen molar-refractivity contribution >= 4 is 17.4 Å². The fourth-order valence-corrected chi connectivity index (χ4v) is 3.13. The lowest BCUT2D eigenvalue weighted by Gasteiger charge is -2.17. The summed E-state index contributed by atoms with van der Waals surface area (Å²) in [4.78, 5) is 18.1. The van der Waals surface area contributed by atoms with Crippen molar-refractivity contribution in [3.63, 3.8) is 0 Å². The average Bonchev–Trinajstić information content (AvgIpc) is 3.12. The molecule has 2 aromatic rings. The minimum absolute atomic E-state index is 0.0916. The van der Waals surface area contributed by atoms with Gasteiger partial charge < -0.3 is 10.2 Å². The molecule has 1 heterocycles. The van der Waals surface area contributed by atoms with Crippen LogP contribution >= 0.6 is 11.3 Å². The first-order chi connectivity index (χ1) is 10.5. The molecule has 1 aliphatic rings. The fraction of sp³-hybridized carbons (Fsp3) is 0.375. The molecule has 0 aliphatic heterocycles. The number of hydrogen-bond donors (Lipinski definition) is 1. The standard InChI is InChI=1S/C16H18FN3OS/c1-10-18-13(9-22-10)8-20(2)16(21)19-15-7-14(15)11-4-3-5-12(17)6-11/h3-6,9,14-15H,7-8H2,1-2H3,(H,19,21)/t14-,15+/m1/s1. The maximum Gasteiger partial charge on any atom is 0.317 e. The quantitative estimate of drug-likeness (QED) is 0.940.